The predicted octanol–water partition coefficient (Wildman–Crippen LogP) is 3.79. The third kappa shape index (κ3) is 4.53. The van der Waals surface area contributed by atoms with Crippen molar-refractivity contribution in [3.05, 3.63) is 64.2 Å². The third-order valence-electron chi connectivity index (χ3n) is 3.09. The first-order valence-corrected chi connectivity index (χ1v) is 7.30. The quantitative estimate of drug-likeness (QED) is 0.872. The van der Waals surface area contributed by atoms with Crippen molar-refractivity contribution in [2.24, 2.45) is 5.73 Å². The smallest absolute Gasteiger partial charge is 0.120 e. The molecule has 2 aromatic carbocycles. The van der Waals surface area contributed by atoms with E-state index in [2.05, 4.69) is 18.8 Å². The van der Waals surface area contributed by atoms with E-state index in [4.69, 9.17) is 22.1 Å². The molecule has 108 valence electrons. The lowest BCUT2D eigenvalue weighted by molar-refractivity contribution is 0.306. The van der Waals surface area contributed by atoms with E-state index in [0.717, 1.165) is 33.9 Å². The summed E-state index contributed by atoms with van der Waals surface area (Å²) in [4.78, 5) is 0. The molecule has 0 aliphatic rings. The maximum absolute atomic E-state index is 6.10. The van der Waals surface area contributed by atoms with Crippen LogP contribution in [0.15, 0.2) is 42.5 Å². The van der Waals surface area contributed by atoms with E-state index in [9.17, 15) is 0 Å². The molecule has 21 heavy (non-hydrogen) atoms. The third-order valence-corrected chi connectivity index (χ3v) is 3.46. The summed E-state index contributed by atoms with van der Waals surface area (Å²) in [5.74, 6) is 6.67. The lowest BCUT2D eigenvalue weighted by Gasteiger charge is -2.09. The summed E-state index contributed by atoms with van der Waals surface area (Å²) in [6.07, 6.45) is 0.893. The molecule has 0 heterocycles. The molecule has 0 fully saturated rings. The van der Waals surface area contributed by atoms with Gasteiger partial charge < -0.3 is 10.5 Å². The van der Waals surface area contributed by atoms with E-state index in [1.807, 2.05) is 42.5 Å². The van der Waals surface area contributed by atoms with Crippen molar-refractivity contribution >= 4 is 11.6 Å². The molecule has 0 saturated carbocycles. The van der Waals surface area contributed by atoms with E-state index >= 15 is 0 Å². The Balaban J connectivity index is 1.99. The highest BCUT2D eigenvalue weighted by atomic mass is 35.5. The first kappa shape index (κ1) is 15.4. The maximum Gasteiger partial charge on any atom is 0.120 e. The monoisotopic (exact) mass is 299 g/mol. The zero-order chi connectivity index (χ0) is 15.1. The normalized spacial score (nSPS) is 9.86. The molecule has 2 N–H and O–H groups in total. The summed E-state index contributed by atoms with van der Waals surface area (Å²) >= 11 is 6.10. The highest BCUT2D eigenvalue weighted by Gasteiger charge is 2.01. The van der Waals surface area contributed by atoms with Crippen LogP contribution in [0.3, 0.4) is 0 Å². The fraction of sp³-hybridized carbons (Fsp3) is 0.222. The van der Waals surface area contributed by atoms with Crippen LogP contribution in [0.2, 0.25) is 5.02 Å². The Kier molecular flexibility index (Phi) is 5.68. The molecule has 2 aromatic rings. The highest BCUT2D eigenvalue weighted by Crippen LogP contribution is 2.23. The highest BCUT2D eigenvalue weighted by molar-refractivity contribution is 6.31. The molecule has 0 bridgehead atoms. The molecule has 0 atom stereocenters. The molecule has 0 spiro atoms. The first-order valence-electron chi connectivity index (χ1n) is 6.92. The van der Waals surface area contributed by atoms with Gasteiger partial charge in [0.2, 0.25) is 0 Å². The van der Waals surface area contributed by atoms with Gasteiger partial charge in [-0.2, -0.15) is 0 Å². The van der Waals surface area contributed by atoms with Gasteiger partial charge in [-0.05, 0) is 47.9 Å². The largest absolute Gasteiger partial charge is 0.489 e. The molecular formula is C18H18ClNO. The number of hydrogen-bond acceptors (Lipinski definition) is 2. The van der Waals surface area contributed by atoms with Gasteiger partial charge in [0.1, 0.15) is 12.4 Å². The number of halogens is 1. The molecule has 0 aliphatic carbocycles. The van der Waals surface area contributed by atoms with Crippen LogP contribution < -0.4 is 10.5 Å². The van der Waals surface area contributed by atoms with E-state index < -0.39 is 0 Å². The van der Waals surface area contributed by atoms with Gasteiger partial charge in [-0.15, -0.1) is 0 Å². The number of nitrogens with two attached hydrogens (primary N) is 1. The molecule has 0 aliphatic heterocycles. The summed E-state index contributed by atoms with van der Waals surface area (Å²) in [5.41, 5.74) is 8.51. The molecule has 2 rings (SSSR count). The van der Waals surface area contributed by atoms with E-state index in [1.165, 1.54) is 0 Å². The van der Waals surface area contributed by atoms with E-state index in [-0.39, 0.29) is 0 Å². The number of aryl methyl sites for hydroxylation is 1. The minimum atomic E-state index is 0.376. The van der Waals surface area contributed by atoms with Crippen LogP contribution >= 0.6 is 11.6 Å². The Morgan fingerprint density at radius 1 is 1.14 bits per heavy atom. The zero-order valence-corrected chi connectivity index (χ0v) is 12.8. The molecule has 0 radical (unpaired) electrons. The number of benzene rings is 2. The van der Waals surface area contributed by atoms with Gasteiger partial charge in [0.05, 0.1) is 6.54 Å². The summed E-state index contributed by atoms with van der Waals surface area (Å²) in [5, 5.41) is 0.785. The van der Waals surface area contributed by atoms with Crippen LogP contribution in [-0.2, 0) is 13.0 Å². The van der Waals surface area contributed by atoms with Gasteiger partial charge in [0.15, 0.2) is 0 Å². The molecule has 0 amide bonds. The first-order chi connectivity index (χ1) is 10.2. The Morgan fingerprint density at radius 2 is 1.90 bits per heavy atom. The topological polar surface area (TPSA) is 35.2 Å². The lowest BCUT2D eigenvalue weighted by Crippen LogP contribution is -1.96. The predicted molar refractivity (Wildman–Crippen MR) is 87.5 cm³/mol. The number of rotatable bonds is 4. The average Bonchev–Trinajstić information content (AvgIpc) is 2.53. The van der Waals surface area contributed by atoms with Gasteiger partial charge in [-0.3, -0.25) is 0 Å². The fourth-order valence-electron chi connectivity index (χ4n) is 1.92. The van der Waals surface area contributed by atoms with Crippen molar-refractivity contribution in [2.45, 2.75) is 20.0 Å². The van der Waals surface area contributed by atoms with Crippen molar-refractivity contribution in [3.63, 3.8) is 0 Å². The molecular weight excluding hydrogens is 282 g/mol. The van der Waals surface area contributed by atoms with Gasteiger partial charge in [0.25, 0.3) is 0 Å². The number of ether oxygens (including phenoxy) is 1. The molecule has 0 saturated heterocycles. The van der Waals surface area contributed by atoms with Crippen molar-refractivity contribution in [1.82, 2.24) is 0 Å². The second kappa shape index (κ2) is 7.73. The SMILES string of the molecule is CCc1cc(OCc2ccc(C#CCN)cc2)ccc1Cl. The van der Waals surface area contributed by atoms with E-state index in [1.54, 1.807) is 0 Å². The number of hydrogen-bond donors (Lipinski definition) is 1. The zero-order valence-electron chi connectivity index (χ0n) is 12.0. The Morgan fingerprint density at radius 3 is 2.57 bits per heavy atom. The second-order valence-corrected chi connectivity index (χ2v) is 5.01. The van der Waals surface area contributed by atoms with Crippen LogP contribution in [0.5, 0.6) is 5.75 Å². The second-order valence-electron chi connectivity index (χ2n) is 4.60. The molecule has 0 aromatic heterocycles. The molecule has 3 heteroatoms. The van der Waals surface area contributed by atoms with Gasteiger partial charge in [0, 0.05) is 10.6 Å². The van der Waals surface area contributed by atoms with Crippen LogP contribution in [0, 0.1) is 11.8 Å². The summed E-state index contributed by atoms with van der Waals surface area (Å²) in [7, 11) is 0. The minimum Gasteiger partial charge on any atom is -0.489 e. The van der Waals surface area contributed by atoms with Crippen molar-refractivity contribution in [3.8, 4) is 17.6 Å². The average molecular weight is 300 g/mol. The maximum atomic E-state index is 6.10. The van der Waals surface area contributed by atoms with Crippen LogP contribution in [0.1, 0.15) is 23.6 Å². The standard InChI is InChI=1S/C18H18ClNO/c1-2-16-12-17(9-10-18(16)19)21-13-15-7-5-14(6-8-15)4-3-11-20/h5-10,12H,2,11,13,20H2,1H3. The Bertz CT molecular complexity index is 653. The van der Waals surface area contributed by atoms with Crippen molar-refractivity contribution in [2.75, 3.05) is 6.54 Å². The summed E-state index contributed by atoms with van der Waals surface area (Å²) < 4.78 is 5.80. The molecule has 0 unspecified atom stereocenters. The van der Waals surface area contributed by atoms with Crippen molar-refractivity contribution in [1.29, 1.82) is 0 Å². The lowest BCUT2D eigenvalue weighted by atomic mass is 10.1. The van der Waals surface area contributed by atoms with Gasteiger partial charge in [-0.1, -0.05) is 42.5 Å². The minimum absolute atomic E-state index is 0.376. The molecule has 2 nitrogen and oxygen atoms in total. The van der Waals surface area contributed by atoms with Gasteiger partial charge >= 0.3 is 0 Å². The van der Waals surface area contributed by atoms with Gasteiger partial charge in [-0.25, -0.2) is 0 Å². The van der Waals surface area contributed by atoms with Crippen molar-refractivity contribution < 1.29 is 4.74 Å². The Labute approximate surface area is 130 Å². The van der Waals surface area contributed by atoms with Crippen LogP contribution in [0.25, 0.3) is 0 Å². The fourth-order valence-corrected chi connectivity index (χ4v) is 2.17. The summed E-state index contributed by atoms with van der Waals surface area (Å²) in [6, 6.07) is 13.7. The summed E-state index contributed by atoms with van der Waals surface area (Å²) in [6.45, 7) is 2.97. The Hall–Kier alpha value is -1.95. The van der Waals surface area contributed by atoms with E-state index in [0.29, 0.717) is 13.2 Å². The van der Waals surface area contributed by atoms with Crippen LogP contribution in [-0.4, -0.2) is 6.54 Å². The van der Waals surface area contributed by atoms with Crippen LogP contribution in [0.4, 0.5) is 0 Å².